The van der Waals surface area contributed by atoms with E-state index in [1.54, 1.807) is 0 Å². The van der Waals surface area contributed by atoms with Crippen molar-refractivity contribution in [2.75, 3.05) is 13.1 Å². The van der Waals surface area contributed by atoms with E-state index in [-0.39, 0.29) is 0 Å². The molecule has 26 heavy (non-hydrogen) atoms. The Morgan fingerprint density at radius 3 is 2.69 bits per heavy atom. The van der Waals surface area contributed by atoms with E-state index >= 15 is 0 Å². The molecule has 4 nitrogen and oxygen atoms in total. The van der Waals surface area contributed by atoms with Crippen LogP contribution < -0.4 is 0 Å². The second kappa shape index (κ2) is 7.83. The average molecular weight is 346 g/mol. The minimum absolute atomic E-state index is 0.668. The minimum Gasteiger partial charge on any atom is -0.328 e. The van der Waals surface area contributed by atoms with Gasteiger partial charge in [0.2, 0.25) is 0 Å². The molecule has 0 radical (unpaired) electrons. The molecule has 1 saturated heterocycles. The molecule has 1 unspecified atom stereocenters. The highest BCUT2D eigenvalue weighted by Gasteiger charge is 2.22. The number of hydrogen-bond donors (Lipinski definition) is 0. The molecule has 134 valence electrons. The Labute approximate surface area is 155 Å². The first-order valence-corrected chi connectivity index (χ1v) is 9.48. The lowest BCUT2D eigenvalue weighted by Gasteiger charge is -2.33. The van der Waals surface area contributed by atoms with Crippen LogP contribution in [0.25, 0.3) is 11.4 Å². The maximum Gasteiger partial charge on any atom is 0.140 e. The van der Waals surface area contributed by atoms with Gasteiger partial charge in [0.25, 0.3) is 0 Å². The van der Waals surface area contributed by atoms with Crippen LogP contribution in [0.4, 0.5) is 0 Å². The van der Waals surface area contributed by atoms with Crippen molar-refractivity contribution in [1.29, 1.82) is 0 Å². The third-order valence-corrected chi connectivity index (χ3v) is 5.29. The Balaban J connectivity index is 1.47. The van der Waals surface area contributed by atoms with Crippen LogP contribution in [0.5, 0.6) is 0 Å². The summed E-state index contributed by atoms with van der Waals surface area (Å²) in [6.45, 7) is 6.60. The number of nitrogens with zero attached hydrogens (tertiary/aromatic N) is 4. The molecule has 4 rings (SSSR count). The third kappa shape index (κ3) is 3.86. The maximum absolute atomic E-state index is 4.66. The maximum atomic E-state index is 4.66. The number of likely N-dealkylation sites (tertiary alicyclic amines) is 1. The van der Waals surface area contributed by atoms with Gasteiger partial charge in [0.05, 0.1) is 0 Å². The topological polar surface area (TPSA) is 34.0 Å². The number of rotatable bonds is 5. The van der Waals surface area contributed by atoms with Crippen LogP contribution in [-0.2, 0) is 13.1 Å². The van der Waals surface area contributed by atoms with E-state index in [4.69, 9.17) is 0 Å². The van der Waals surface area contributed by atoms with Crippen molar-refractivity contribution in [1.82, 2.24) is 19.4 Å². The number of hydrogen-bond acceptors (Lipinski definition) is 3. The van der Waals surface area contributed by atoms with Gasteiger partial charge in [-0.05, 0) is 49.9 Å². The van der Waals surface area contributed by atoms with Gasteiger partial charge in [0.1, 0.15) is 5.82 Å². The summed E-state index contributed by atoms with van der Waals surface area (Å²) in [4.78, 5) is 11.4. The molecular formula is C22H26N4. The molecular weight excluding hydrogens is 320 g/mol. The number of aromatic nitrogens is 3. The van der Waals surface area contributed by atoms with Crippen molar-refractivity contribution in [2.24, 2.45) is 5.92 Å². The molecule has 4 heteroatoms. The summed E-state index contributed by atoms with van der Waals surface area (Å²) in [5.41, 5.74) is 3.78. The summed E-state index contributed by atoms with van der Waals surface area (Å²) in [5.74, 6) is 1.73. The molecule has 1 aromatic carbocycles. The summed E-state index contributed by atoms with van der Waals surface area (Å²) in [7, 11) is 0. The van der Waals surface area contributed by atoms with Gasteiger partial charge in [-0.2, -0.15) is 0 Å². The number of aryl methyl sites for hydroxylation is 1. The molecule has 0 spiro atoms. The highest BCUT2D eigenvalue weighted by Crippen LogP contribution is 2.25. The largest absolute Gasteiger partial charge is 0.328 e. The first-order valence-electron chi connectivity index (χ1n) is 9.48. The second-order valence-electron chi connectivity index (χ2n) is 7.30. The molecule has 0 N–H and O–H groups in total. The van der Waals surface area contributed by atoms with Crippen LogP contribution in [0.3, 0.4) is 0 Å². The van der Waals surface area contributed by atoms with Crippen molar-refractivity contribution >= 4 is 0 Å². The average Bonchev–Trinajstić information content (AvgIpc) is 3.04. The van der Waals surface area contributed by atoms with Crippen LogP contribution in [0.15, 0.2) is 61.1 Å². The molecule has 0 bridgehead atoms. The molecule has 0 amide bonds. The van der Waals surface area contributed by atoms with Crippen LogP contribution in [-0.4, -0.2) is 32.5 Å². The van der Waals surface area contributed by atoms with Gasteiger partial charge in [-0.3, -0.25) is 9.88 Å². The lowest BCUT2D eigenvalue weighted by atomic mass is 9.97. The van der Waals surface area contributed by atoms with Gasteiger partial charge < -0.3 is 4.57 Å². The Hall–Kier alpha value is -2.46. The van der Waals surface area contributed by atoms with Crippen molar-refractivity contribution < 1.29 is 0 Å². The molecule has 2 aromatic heterocycles. The molecule has 1 aliphatic heterocycles. The first-order chi connectivity index (χ1) is 12.8. The third-order valence-electron chi connectivity index (χ3n) is 5.29. The van der Waals surface area contributed by atoms with Crippen LogP contribution in [0, 0.1) is 12.8 Å². The smallest absolute Gasteiger partial charge is 0.140 e. The van der Waals surface area contributed by atoms with E-state index in [9.17, 15) is 0 Å². The summed E-state index contributed by atoms with van der Waals surface area (Å²) in [6, 6.07) is 14.9. The Morgan fingerprint density at radius 2 is 1.88 bits per heavy atom. The summed E-state index contributed by atoms with van der Waals surface area (Å²) in [6.07, 6.45) is 8.23. The van der Waals surface area contributed by atoms with Gasteiger partial charge in [0, 0.05) is 49.5 Å². The Bertz CT molecular complexity index is 826. The fourth-order valence-corrected chi connectivity index (χ4v) is 3.97. The summed E-state index contributed by atoms with van der Waals surface area (Å²) in [5, 5.41) is 0. The fraction of sp³-hybridized carbons (Fsp3) is 0.364. The van der Waals surface area contributed by atoms with Gasteiger partial charge in [-0.1, -0.05) is 30.3 Å². The summed E-state index contributed by atoms with van der Waals surface area (Å²) < 4.78 is 2.38. The van der Waals surface area contributed by atoms with Crippen molar-refractivity contribution in [3.63, 3.8) is 0 Å². The van der Waals surface area contributed by atoms with E-state index in [1.165, 1.54) is 30.6 Å². The number of imidazole rings is 1. The van der Waals surface area contributed by atoms with Crippen molar-refractivity contribution in [3.8, 4) is 11.4 Å². The molecule has 3 aromatic rings. The number of benzene rings is 1. The lowest BCUT2D eigenvalue weighted by Crippen LogP contribution is -2.36. The van der Waals surface area contributed by atoms with Gasteiger partial charge in [0.15, 0.2) is 0 Å². The summed E-state index contributed by atoms with van der Waals surface area (Å²) >= 11 is 0. The zero-order chi connectivity index (χ0) is 17.8. The Morgan fingerprint density at radius 1 is 1.08 bits per heavy atom. The van der Waals surface area contributed by atoms with E-state index in [0.717, 1.165) is 31.0 Å². The molecule has 1 fully saturated rings. The molecule has 0 saturated carbocycles. The highest BCUT2D eigenvalue weighted by atomic mass is 15.1. The first kappa shape index (κ1) is 17.0. The predicted octanol–water partition coefficient (Wildman–Crippen LogP) is 4.17. The lowest BCUT2D eigenvalue weighted by molar-refractivity contribution is 0.156. The Kier molecular flexibility index (Phi) is 5.12. The van der Waals surface area contributed by atoms with Crippen molar-refractivity contribution in [2.45, 2.75) is 32.9 Å². The zero-order valence-corrected chi connectivity index (χ0v) is 15.4. The standard InChI is InChI=1S/C22H26N4/c1-18-14-24-22(21-9-11-23-12-10-21)26(18)17-20-8-5-13-25(16-20)15-19-6-3-2-4-7-19/h2-4,6-7,9-12,14,20H,5,8,13,15-17H2,1H3. The van der Waals surface area contributed by atoms with E-state index in [0.29, 0.717) is 5.92 Å². The van der Waals surface area contributed by atoms with Crippen molar-refractivity contribution in [3.05, 3.63) is 72.3 Å². The van der Waals surface area contributed by atoms with E-state index < -0.39 is 0 Å². The normalized spacial score (nSPS) is 18.1. The minimum atomic E-state index is 0.668. The van der Waals surface area contributed by atoms with Gasteiger partial charge >= 0.3 is 0 Å². The van der Waals surface area contributed by atoms with E-state index in [1.807, 2.05) is 30.7 Å². The quantitative estimate of drug-likeness (QED) is 0.695. The van der Waals surface area contributed by atoms with Gasteiger partial charge in [-0.15, -0.1) is 0 Å². The second-order valence-corrected chi connectivity index (χ2v) is 7.30. The molecule has 3 heterocycles. The predicted molar refractivity (Wildman–Crippen MR) is 105 cm³/mol. The highest BCUT2D eigenvalue weighted by molar-refractivity contribution is 5.55. The number of piperidine rings is 1. The van der Waals surface area contributed by atoms with Gasteiger partial charge in [-0.25, -0.2) is 4.98 Å². The van der Waals surface area contributed by atoms with Crippen LogP contribution in [0.1, 0.15) is 24.1 Å². The SMILES string of the molecule is Cc1cnc(-c2ccncc2)n1CC1CCCN(Cc2ccccc2)C1. The molecule has 0 aliphatic carbocycles. The zero-order valence-electron chi connectivity index (χ0n) is 15.4. The van der Waals surface area contributed by atoms with E-state index in [2.05, 4.69) is 56.7 Å². The monoisotopic (exact) mass is 346 g/mol. The molecule has 1 aliphatic rings. The molecule has 1 atom stereocenters. The van der Waals surface area contributed by atoms with Crippen LogP contribution >= 0.6 is 0 Å². The number of pyridine rings is 1. The van der Waals surface area contributed by atoms with Crippen LogP contribution in [0.2, 0.25) is 0 Å². The fourth-order valence-electron chi connectivity index (χ4n) is 3.97.